The van der Waals surface area contributed by atoms with Gasteiger partial charge in [0.1, 0.15) is 5.82 Å². The normalized spacial score (nSPS) is 10.7. The summed E-state index contributed by atoms with van der Waals surface area (Å²) in [5.41, 5.74) is 1.23. The standard InChI is InChI=1S/C16H9BrFNO/c17-10-6-7-13(14(18)9-10)16(20)12-3-1-5-15-11(12)4-2-8-19-15/h1-9H. The van der Waals surface area contributed by atoms with Crippen molar-refractivity contribution in [3.8, 4) is 0 Å². The fourth-order valence-corrected chi connectivity index (χ4v) is 2.45. The van der Waals surface area contributed by atoms with Gasteiger partial charge in [0.15, 0.2) is 5.78 Å². The van der Waals surface area contributed by atoms with Gasteiger partial charge in [0.05, 0.1) is 11.1 Å². The highest BCUT2D eigenvalue weighted by Crippen LogP contribution is 2.22. The van der Waals surface area contributed by atoms with Crippen LogP contribution in [-0.2, 0) is 0 Å². The van der Waals surface area contributed by atoms with Gasteiger partial charge in [-0.05, 0) is 30.3 Å². The van der Waals surface area contributed by atoms with E-state index in [1.165, 1.54) is 12.1 Å². The number of aromatic nitrogens is 1. The molecule has 98 valence electrons. The van der Waals surface area contributed by atoms with Gasteiger partial charge in [-0.2, -0.15) is 0 Å². The average Bonchev–Trinajstić information content (AvgIpc) is 2.46. The lowest BCUT2D eigenvalue weighted by Crippen LogP contribution is -2.05. The molecule has 2 nitrogen and oxygen atoms in total. The number of rotatable bonds is 2. The highest BCUT2D eigenvalue weighted by atomic mass is 79.9. The van der Waals surface area contributed by atoms with E-state index in [0.29, 0.717) is 10.0 Å². The number of ketones is 1. The van der Waals surface area contributed by atoms with Gasteiger partial charge < -0.3 is 0 Å². The minimum Gasteiger partial charge on any atom is -0.288 e. The van der Waals surface area contributed by atoms with E-state index in [4.69, 9.17) is 0 Å². The zero-order chi connectivity index (χ0) is 14.1. The summed E-state index contributed by atoms with van der Waals surface area (Å²) >= 11 is 3.18. The Hall–Kier alpha value is -2.07. The summed E-state index contributed by atoms with van der Waals surface area (Å²) < 4.78 is 14.5. The zero-order valence-electron chi connectivity index (χ0n) is 10.3. The molecule has 2 aromatic carbocycles. The minimum absolute atomic E-state index is 0.0598. The number of pyridine rings is 1. The fraction of sp³-hybridized carbons (Fsp3) is 0. The molecule has 0 aliphatic heterocycles. The van der Waals surface area contributed by atoms with Gasteiger partial charge in [0.25, 0.3) is 0 Å². The average molecular weight is 330 g/mol. The highest BCUT2D eigenvalue weighted by Gasteiger charge is 2.16. The number of hydrogen-bond donors (Lipinski definition) is 0. The van der Waals surface area contributed by atoms with Gasteiger partial charge in [-0.3, -0.25) is 9.78 Å². The van der Waals surface area contributed by atoms with Crippen molar-refractivity contribution >= 4 is 32.6 Å². The monoisotopic (exact) mass is 329 g/mol. The van der Waals surface area contributed by atoms with Crippen molar-refractivity contribution in [1.29, 1.82) is 0 Å². The molecule has 20 heavy (non-hydrogen) atoms. The second-order valence-electron chi connectivity index (χ2n) is 4.33. The zero-order valence-corrected chi connectivity index (χ0v) is 11.9. The first-order valence-corrected chi connectivity index (χ1v) is 6.79. The van der Waals surface area contributed by atoms with E-state index in [1.54, 1.807) is 30.5 Å². The van der Waals surface area contributed by atoms with E-state index in [1.807, 2.05) is 12.1 Å². The SMILES string of the molecule is O=C(c1ccc(Br)cc1F)c1cccc2ncccc12. The maximum Gasteiger partial charge on any atom is 0.196 e. The van der Waals surface area contributed by atoms with E-state index in [2.05, 4.69) is 20.9 Å². The van der Waals surface area contributed by atoms with Crippen molar-refractivity contribution in [2.24, 2.45) is 0 Å². The second-order valence-corrected chi connectivity index (χ2v) is 5.24. The molecule has 0 fully saturated rings. The smallest absolute Gasteiger partial charge is 0.196 e. The Morgan fingerprint density at radius 1 is 1.05 bits per heavy atom. The molecule has 0 unspecified atom stereocenters. The molecule has 3 aromatic rings. The van der Waals surface area contributed by atoms with Gasteiger partial charge in [0.2, 0.25) is 0 Å². The Kier molecular flexibility index (Phi) is 3.32. The lowest BCUT2D eigenvalue weighted by atomic mass is 9.99. The number of carbonyl (C=O) groups excluding carboxylic acids is 1. The van der Waals surface area contributed by atoms with Crippen LogP contribution in [0.25, 0.3) is 10.9 Å². The van der Waals surface area contributed by atoms with E-state index in [9.17, 15) is 9.18 Å². The molecule has 4 heteroatoms. The van der Waals surface area contributed by atoms with E-state index in [-0.39, 0.29) is 11.3 Å². The van der Waals surface area contributed by atoms with Crippen molar-refractivity contribution in [2.45, 2.75) is 0 Å². The van der Waals surface area contributed by atoms with E-state index >= 15 is 0 Å². The predicted molar refractivity (Wildman–Crippen MR) is 79.3 cm³/mol. The van der Waals surface area contributed by atoms with Crippen LogP contribution in [0.3, 0.4) is 0 Å². The molecule has 3 rings (SSSR count). The van der Waals surface area contributed by atoms with Crippen molar-refractivity contribution in [1.82, 2.24) is 4.98 Å². The molecule has 1 aromatic heterocycles. The van der Waals surface area contributed by atoms with Gasteiger partial charge in [-0.25, -0.2) is 4.39 Å². The maximum absolute atomic E-state index is 13.9. The Bertz CT molecular complexity index is 811. The molecular weight excluding hydrogens is 321 g/mol. The maximum atomic E-state index is 13.9. The van der Waals surface area contributed by atoms with Crippen LogP contribution in [0.5, 0.6) is 0 Å². The third kappa shape index (κ3) is 2.23. The van der Waals surface area contributed by atoms with Crippen LogP contribution in [0, 0.1) is 5.82 Å². The van der Waals surface area contributed by atoms with Crippen LogP contribution in [0.1, 0.15) is 15.9 Å². The number of halogens is 2. The summed E-state index contributed by atoms with van der Waals surface area (Å²) in [6.45, 7) is 0. The molecule has 1 heterocycles. The molecule has 0 N–H and O–H groups in total. The number of carbonyl (C=O) groups is 1. The van der Waals surface area contributed by atoms with Crippen LogP contribution in [0.2, 0.25) is 0 Å². The first-order valence-electron chi connectivity index (χ1n) is 6.00. The molecule has 0 aliphatic rings. The molecular formula is C16H9BrFNO. The molecule has 0 spiro atoms. The van der Waals surface area contributed by atoms with E-state index < -0.39 is 5.82 Å². The lowest BCUT2D eigenvalue weighted by molar-refractivity contribution is 0.103. The van der Waals surface area contributed by atoms with Crippen LogP contribution in [0.4, 0.5) is 4.39 Å². The largest absolute Gasteiger partial charge is 0.288 e. The highest BCUT2D eigenvalue weighted by molar-refractivity contribution is 9.10. The topological polar surface area (TPSA) is 30.0 Å². The molecule has 0 amide bonds. The Morgan fingerprint density at radius 2 is 1.90 bits per heavy atom. The summed E-state index contributed by atoms with van der Waals surface area (Å²) in [5, 5.41) is 0.724. The molecule has 0 saturated heterocycles. The fourth-order valence-electron chi connectivity index (χ4n) is 2.12. The van der Waals surface area contributed by atoms with Crippen molar-refractivity contribution < 1.29 is 9.18 Å². The van der Waals surface area contributed by atoms with Gasteiger partial charge in [-0.1, -0.05) is 34.1 Å². The molecule has 0 bridgehead atoms. The number of fused-ring (bicyclic) bond motifs is 1. The summed E-state index contributed by atoms with van der Waals surface area (Å²) in [5.74, 6) is -0.876. The summed E-state index contributed by atoms with van der Waals surface area (Å²) in [6.07, 6.45) is 1.66. The van der Waals surface area contributed by atoms with Crippen molar-refractivity contribution in [2.75, 3.05) is 0 Å². The van der Waals surface area contributed by atoms with E-state index in [0.717, 1.165) is 10.9 Å². The number of hydrogen-bond acceptors (Lipinski definition) is 2. The predicted octanol–water partition coefficient (Wildman–Crippen LogP) is 4.37. The number of benzene rings is 2. The number of nitrogens with zero attached hydrogens (tertiary/aromatic N) is 1. The van der Waals surface area contributed by atoms with Crippen LogP contribution in [0.15, 0.2) is 59.2 Å². The van der Waals surface area contributed by atoms with Crippen LogP contribution in [-0.4, -0.2) is 10.8 Å². The lowest BCUT2D eigenvalue weighted by Gasteiger charge is -2.06. The van der Waals surface area contributed by atoms with Gasteiger partial charge in [-0.15, -0.1) is 0 Å². The van der Waals surface area contributed by atoms with Crippen LogP contribution < -0.4 is 0 Å². The second kappa shape index (κ2) is 5.13. The molecule has 0 saturated carbocycles. The Morgan fingerprint density at radius 3 is 2.70 bits per heavy atom. The Labute approximate surface area is 123 Å². The quantitative estimate of drug-likeness (QED) is 0.653. The summed E-state index contributed by atoms with van der Waals surface area (Å²) in [4.78, 5) is 16.7. The van der Waals surface area contributed by atoms with Crippen LogP contribution >= 0.6 is 15.9 Å². The first-order chi connectivity index (χ1) is 9.66. The first kappa shape index (κ1) is 12.9. The third-order valence-electron chi connectivity index (χ3n) is 3.07. The molecule has 0 atom stereocenters. The van der Waals surface area contributed by atoms with Crippen molar-refractivity contribution in [3.05, 3.63) is 76.1 Å². The van der Waals surface area contributed by atoms with Gasteiger partial charge >= 0.3 is 0 Å². The molecule has 0 radical (unpaired) electrons. The molecule has 0 aliphatic carbocycles. The minimum atomic E-state index is -0.537. The van der Waals surface area contributed by atoms with Crippen molar-refractivity contribution in [3.63, 3.8) is 0 Å². The summed E-state index contributed by atoms with van der Waals surface area (Å²) in [7, 11) is 0. The Balaban J connectivity index is 2.18. The van der Waals surface area contributed by atoms with Gasteiger partial charge in [0, 0.05) is 21.6 Å². The third-order valence-corrected chi connectivity index (χ3v) is 3.56. The summed E-state index contributed by atoms with van der Waals surface area (Å²) in [6, 6.07) is 13.3.